The molecule has 0 fully saturated rings. The first kappa shape index (κ1) is 19.0. The van der Waals surface area contributed by atoms with Gasteiger partial charge in [-0.3, -0.25) is 14.6 Å². The zero-order valence-corrected chi connectivity index (χ0v) is 15.6. The van der Waals surface area contributed by atoms with Crippen LogP contribution in [0.5, 0.6) is 0 Å². The Bertz CT molecular complexity index is 991. The van der Waals surface area contributed by atoms with E-state index in [9.17, 15) is 9.59 Å². The minimum atomic E-state index is -0.363. The van der Waals surface area contributed by atoms with E-state index < -0.39 is 0 Å². The van der Waals surface area contributed by atoms with Gasteiger partial charge >= 0.3 is 0 Å². The van der Waals surface area contributed by atoms with Crippen molar-refractivity contribution in [3.05, 3.63) is 71.8 Å². The lowest BCUT2D eigenvalue weighted by molar-refractivity contribution is -0.114. The summed E-state index contributed by atoms with van der Waals surface area (Å²) in [6.07, 6.45) is 3.42. The molecule has 3 aromatic rings. The van der Waals surface area contributed by atoms with E-state index in [-0.39, 0.29) is 17.5 Å². The lowest BCUT2D eigenvalue weighted by Gasteiger charge is -2.10. The van der Waals surface area contributed by atoms with Crippen LogP contribution in [0.1, 0.15) is 28.7 Å². The van der Waals surface area contributed by atoms with E-state index in [1.54, 1.807) is 49.6 Å². The highest BCUT2D eigenvalue weighted by molar-refractivity contribution is 6.03. The predicted octanol–water partition coefficient (Wildman–Crippen LogP) is 3.00. The predicted molar refractivity (Wildman–Crippen MR) is 107 cm³/mol. The van der Waals surface area contributed by atoms with Crippen LogP contribution in [0.2, 0.25) is 0 Å². The van der Waals surface area contributed by atoms with Crippen molar-refractivity contribution in [2.45, 2.75) is 20.4 Å². The number of carbonyl (C=O) groups is 2. The van der Waals surface area contributed by atoms with Crippen LogP contribution in [-0.2, 0) is 11.3 Å². The minimum absolute atomic E-state index is 0.181. The molecule has 2 aromatic heterocycles. The van der Waals surface area contributed by atoms with Crippen molar-refractivity contribution in [3.8, 4) is 0 Å². The van der Waals surface area contributed by atoms with Gasteiger partial charge in [-0.1, -0.05) is 6.07 Å². The summed E-state index contributed by atoms with van der Waals surface area (Å²) in [5.74, 6) is -0.175. The van der Waals surface area contributed by atoms with Gasteiger partial charge < -0.3 is 16.0 Å². The molecule has 0 aliphatic rings. The van der Waals surface area contributed by atoms with Crippen molar-refractivity contribution in [1.29, 1.82) is 0 Å². The Kier molecular flexibility index (Phi) is 5.91. The van der Waals surface area contributed by atoms with E-state index in [0.29, 0.717) is 29.6 Å². The van der Waals surface area contributed by atoms with Crippen molar-refractivity contribution in [2.24, 2.45) is 0 Å². The zero-order chi connectivity index (χ0) is 19.9. The quantitative estimate of drug-likeness (QED) is 0.610. The van der Waals surface area contributed by atoms with E-state index in [1.165, 1.54) is 6.92 Å². The number of nitrogens with zero attached hydrogens (tertiary/aromatic N) is 3. The molecule has 0 atom stereocenters. The second kappa shape index (κ2) is 8.72. The maximum atomic E-state index is 12.6. The van der Waals surface area contributed by atoms with E-state index >= 15 is 0 Å². The lowest BCUT2D eigenvalue weighted by atomic mass is 10.2. The van der Waals surface area contributed by atoms with Gasteiger partial charge in [-0.05, 0) is 48.9 Å². The fraction of sp³-hybridized carbons (Fsp3) is 0.150. The summed E-state index contributed by atoms with van der Waals surface area (Å²) >= 11 is 0. The third kappa shape index (κ3) is 5.34. The van der Waals surface area contributed by atoms with Crippen LogP contribution in [0.4, 0.5) is 17.3 Å². The Hall–Kier alpha value is -3.81. The summed E-state index contributed by atoms with van der Waals surface area (Å²) in [5.41, 5.74) is 3.10. The molecular formula is C20H20N6O2. The molecular weight excluding hydrogens is 356 g/mol. The molecule has 2 amide bonds. The number of hydrogen-bond acceptors (Lipinski definition) is 6. The molecule has 0 aliphatic carbocycles. The largest absolute Gasteiger partial charge is 0.350 e. The van der Waals surface area contributed by atoms with Gasteiger partial charge in [-0.2, -0.15) is 0 Å². The van der Waals surface area contributed by atoms with Crippen LogP contribution >= 0.6 is 0 Å². The number of nitrogens with one attached hydrogen (secondary N) is 3. The summed E-state index contributed by atoms with van der Waals surface area (Å²) in [6, 6.07) is 12.3. The van der Waals surface area contributed by atoms with Gasteiger partial charge in [0.2, 0.25) is 11.9 Å². The molecule has 1 aromatic carbocycles. The van der Waals surface area contributed by atoms with Crippen molar-refractivity contribution in [3.63, 3.8) is 0 Å². The zero-order valence-electron chi connectivity index (χ0n) is 15.6. The first-order valence-electron chi connectivity index (χ1n) is 8.67. The van der Waals surface area contributed by atoms with Crippen LogP contribution in [-0.4, -0.2) is 26.8 Å². The van der Waals surface area contributed by atoms with Crippen LogP contribution in [0, 0.1) is 6.92 Å². The summed E-state index contributed by atoms with van der Waals surface area (Å²) in [4.78, 5) is 36.4. The summed E-state index contributed by atoms with van der Waals surface area (Å²) in [5, 5.41) is 8.58. The maximum absolute atomic E-state index is 12.6. The van der Waals surface area contributed by atoms with Crippen molar-refractivity contribution in [1.82, 2.24) is 15.0 Å². The Balaban J connectivity index is 1.71. The van der Waals surface area contributed by atoms with E-state index in [0.717, 1.165) is 5.56 Å². The number of aromatic nitrogens is 3. The molecule has 0 spiro atoms. The summed E-state index contributed by atoms with van der Waals surface area (Å²) < 4.78 is 0. The number of rotatable bonds is 6. The highest BCUT2D eigenvalue weighted by atomic mass is 16.2. The standard InChI is InChI=1S/C20H20N6O2/c1-13-10-18(26-20(23-13)22-12-15-6-8-21-9-7-15)19(28)25-17-5-3-4-16(11-17)24-14(2)27/h3-11H,12H2,1-2H3,(H,24,27)(H,25,28)(H,22,23,26). The second-order valence-corrected chi connectivity index (χ2v) is 6.14. The fourth-order valence-electron chi connectivity index (χ4n) is 2.52. The number of carbonyl (C=O) groups excluding carboxylic acids is 2. The Morgan fingerprint density at radius 2 is 1.68 bits per heavy atom. The van der Waals surface area contributed by atoms with Gasteiger partial charge in [0.05, 0.1) is 0 Å². The first-order chi connectivity index (χ1) is 13.5. The number of aryl methyl sites for hydroxylation is 1. The average molecular weight is 376 g/mol. The first-order valence-corrected chi connectivity index (χ1v) is 8.67. The minimum Gasteiger partial charge on any atom is -0.350 e. The normalized spacial score (nSPS) is 10.2. The molecule has 0 unspecified atom stereocenters. The lowest BCUT2D eigenvalue weighted by Crippen LogP contribution is -2.16. The highest BCUT2D eigenvalue weighted by Crippen LogP contribution is 2.16. The molecule has 3 rings (SSSR count). The van der Waals surface area contributed by atoms with E-state index in [2.05, 4.69) is 30.9 Å². The molecule has 0 bridgehead atoms. The Labute approximate surface area is 162 Å². The van der Waals surface area contributed by atoms with Crippen LogP contribution in [0.3, 0.4) is 0 Å². The molecule has 0 saturated carbocycles. The van der Waals surface area contributed by atoms with Crippen LogP contribution in [0.25, 0.3) is 0 Å². The molecule has 0 radical (unpaired) electrons. The van der Waals surface area contributed by atoms with Gasteiger partial charge in [0, 0.05) is 42.9 Å². The van der Waals surface area contributed by atoms with Gasteiger partial charge in [-0.15, -0.1) is 0 Å². The molecule has 3 N–H and O–H groups in total. The van der Waals surface area contributed by atoms with Gasteiger partial charge in [0.15, 0.2) is 0 Å². The van der Waals surface area contributed by atoms with Gasteiger partial charge in [0.1, 0.15) is 5.69 Å². The third-order valence-corrected chi connectivity index (χ3v) is 3.73. The molecule has 0 aliphatic heterocycles. The van der Waals surface area contributed by atoms with E-state index in [4.69, 9.17) is 0 Å². The van der Waals surface area contributed by atoms with Gasteiger partial charge in [-0.25, -0.2) is 9.97 Å². The molecule has 8 heteroatoms. The Morgan fingerprint density at radius 3 is 2.39 bits per heavy atom. The van der Waals surface area contributed by atoms with Crippen molar-refractivity contribution in [2.75, 3.05) is 16.0 Å². The molecule has 2 heterocycles. The average Bonchev–Trinajstić information content (AvgIpc) is 2.66. The molecule has 8 nitrogen and oxygen atoms in total. The molecule has 142 valence electrons. The topological polar surface area (TPSA) is 109 Å². The third-order valence-electron chi connectivity index (χ3n) is 3.73. The van der Waals surface area contributed by atoms with Crippen molar-refractivity contribution >= 4 is 29.1 Å². The molecule has 0 saturated heterocycles. The Morgan fingerprint density at radius 1 is 0.964 bits per heavy atom. The smallest absolute Gasteiger partial charge is 0.274 e. The van der Waals surface area contributed by atoms with Crippen LogP contribution in [0.15, 0.2) is 54.9 Å². The number of hydrogen-bond donors (Lipinski definition) is 3. The monoisotopic (exact) mass is 376 g/mol. The van der Waals surface area contributed by atoms with Crippen LogP contribution < -0.4 is 16.0 Å². The number of pyridine rings is 1. The van der Waals surface area contributed by atoms with Crippen molar-refractivity contribution < 1.29 is 9.59 Å². The maximum Gasteiger partial charge on any atom is 0.274 e. The molecule has 28 heavy (non-hydrogen) atoms. The summed E-state index contributed by atoms with van der Waals surface area (Å²) in [7, 11) is 0. The summed E-state index contributed by atoms with van der Waals surface area (Å²) in [6.45, 7) is 3.74. The fourth-order valence-corrected chi connectivity index (χ4v) is 2.52. The second-order valence-electron chi connectivity index (χ2n) is 6.14. The number of anilines is 3. The highest BCUT2D eigenvalue weighted by Gasteiger charge is 2.11. The SMILES string of the molecule is CC(=O)Nc1cccc(NC(=O)c2cc(C)nc(NCc3ccncc3)n2)c1. The van der Waals surface area contributed by atoms with E-state index in [1.807, 2.05) is 12.1 Å². The number of amides is 2. The number of benzene rings is 1. The van der Waals surface area contributed by atoms with Gasteiger partial charge in [0.25, 0.3) is 5.91 Å².